The van der Waals surface area contributed by atoms with Crippen molar-refractivity contribution in [1.29, 1.82) is 0 Å². The minimum Gasteiger partial charge on any atom is -0.460 e. The molecule has 4 aliphatic heterocycles. The number of fused-ring (bicyclic) bond motifs is 2. The number of nitrogens with zero attached hydrogens (tertiary/aromatic N) is 2. The number of rotatable bonds is 4. The highest BCUT2D eigenvalue weighted by Crippen LogP contribution is 2.56. The van der Waals surface area contributed by atoms with Crippen molar-refractivity contribution in [3.8, 4) is 0 Å². The molecule has 1 aromatic rings. The van der Waals surface area contributed by atoms with Crippen molar-refractivity contribution in [1.82, 2.24) is 10.2 Å². The molecule has 4 aliphatic rings. The molecule has 40 heavy (non-hydrogen) atoms. The summed E-state index contributed by atoms with van der Waals surface area (Å²) in [6.07, 6.45) is 6.78. The Labute approximate surface area is 237 Å². The summed E-state index contributed by atoms with van der Waals surface area (Å²) >= 11 is 6.12. The lowest BCUT2D eigenvalue weighted by atomic mass is 9.74. The van der Waals surface area contributed by atoms with Crippen molar-refractivity contribution in [2.75, 3.05) is 24.6 Å². The first-order chi connectivity index (χ1) is 19.2. The predicted molar refractivity (Wildman–Crippen MR) is 146 cm³/mol. The number of likely N-dealkylation sites (tertiary alicyclic amines) is 1. The standard InChI is InChI=1S/C29H34ClN3O7/c1-3-19(16-34)33-25-27(37)32(20-10-8-18(30)9-11-20)14-6-4-5-7-22(35)31-15-17(2)39-28(38)23-21-12-13-29(25,40-21)24(23)26(33)36/h4,6,8-13,17,19,21,23-25,34H,3,5,7,14-16H2,1-2H3,(H,31,35)/b6-4-/t17-,19+,21+,23-,24-,25+,29-/m1/s1. The number of benzene rings is 1. The number of cyclic esters (lactones) is 1. The molecule has 5 rings (SSSR count). The van der Waals surface area contributed by atoms with Gasteiger partial charge >= 0.3 is 5.97 Å². The van der Waals surface area contributed by atoms with Gasteiger partial charge in [-0.2, -0.15) is 0 Å². The van der Waals surface area contributed by atoms with Gasteiger partial charge < -0.3 is 29.7 Å². The van der Waals surface area contributed by atoms with E-state index in [1.807, 2.05) is 13.0 Å². The van der Waals surface area contributed by atoms with Gasteiger partial charge in [-0.25, -0.2) is 0 Å². The van der Waals surface area contributed by atoms with E-state index in [-0.39, 0.29) is 32.0 Å². The second kappa shape index (κ2) is 11.3. The molecule has 0 radical (unpaired) electrons. The fourth-order valence-electron chi connectivity index (χ4n) is 6.23. The van der Waals surface area contributed by atoms with Gasteiger partial charge in [0.2, 0.25) is 11.8 Å². The number of anilines is 1. The first kappa shape index (κ1) is 28.3. The van der Waals surface area contributed by atoms with Gasteiger partial charge in [-0.1, -0.05) is 42.8 Å². The first-order valence-electron chi connectivity index (χ1n) is 13.7. The summed E-state index contributed by atoms with van der Waals surface area (Å²) in [5.41, 5.74) is -0.842. The quantitative estimate of drug-likeness (QED) is 0.418. The van der Waals surface area contributed by atoms with E-state index in [1.54, 1.807) is 49.4 Å². The molecule has 3 amide bonds. The van der Waals surface area contributed by atoms with E-state index in [0.29, 0.717) is 23.6 Å². The first-order valence-corrected chi connectivity index (χ1v) is 14.1. The van der Waals surface area contributed by atoms with E-state index < -0.39 is 59.5 Å². The number of hydrogen-bond acceptors (Lipinski definition) is 7. The molecule has 2 saturated heterocycles. The number of esters is 1. The number of aliphatic hydroxyl groups excluding tert-OH is 1. The number of ether oxygens (including phenoxy) is 2. The summed E-state index contributed by atoms with van der Waals surface area (Å²) < 4.78 is 12.0. The average Bonchev–Trinajstić information content (AvgIpc) is 3.58. The van der Waals surface area contributed by atoms with Crippen LogP contribution in [0, 0.1) is 11.8 Å². The van der Waals surface area contributed by atoms with Crippen LogP contribution >= 0.6 is 11.6 Å². The lowest BCUT2D eigenvalue weighted by molar-refractivity contribution is -0.159. The van der Waals surface area contributed by atoms with E-state index in [4.69, 9.17) is 21.1 Å². The molecule has 0 aromatic heterocycles. The van der Waals surface area contributed by atoms with Crippen LogP contribution in [0.15, 0.2) is 48.6 Å². The smallest absolute Gasteiger partial charge is 0.313 e. The third kappa shape index (κ3) is 4.82. The zero-order chi connectivity index (χ0) is 28.6. The fourth-order valence-corrected chi connectivity index (χ4v) is 6.36. The van der Waals surface area contributed by atoms with Crippen LogP contribution in [0.2, 0.25) is 5.02 Å². The Morgan fingerprint density at radius 1 is 1.15 bits per heavy atom. The van der Waals surface area contributed by atoms with Crippen molar-refractivity contribution in [2.45, 2.75) is 63.0 Å². The van der Waals surface area contributed by atoms with Crippen LogP contribution in [-0.4, -0.2) is 83.3 Å². The van der Waals surface area contributed by atoms with Gasteiger partial charge in [-0.15, -0.1) is 0 Å². The molecule has 214 valence electrons. The third-order valence-electron chi connectivity index (χ3n) is 8.19. The second-order valence-corrected chi connectivity index (χ2v) is 11.1. The molecular formula is C29H34ClN3O7. The number of carbonyl (C=O) groups excluding carboxylic acids is 4. The van der Waals surface area contributed by atoms with E-state index in [2.05, 4.69) is 5.32 Å². The highest BCUT2D eigenvalue weighted by atomic mass is 35.5. The third-order valence-corrected chi connectivity index (χ3v) is 8.45. The Morgan fingerprint density at radius 2 is 1.90 bits per heavy atom. The molecule has 0 unspecified atom stereocenters. The predicted octanol–water partition coefficient (Wildman–Crippen LogP) is 1.99. The van der Waals surface area contributed by atoms with Crippen molar-refractivity contribution >= 4 is 41.0 Å². The largest absolute Gasteiger partial charge is 0.460 e. The average molecular weight is 572 g/mol. The monoisotopic (exact) mass is 571 g/mol. The highest BCUT2D eigenvalue weighted by molar-refractivity contribution is 6.30. The van der Waals surface area contributed by atoms with E-state index in [9.17, 15) is 24.3 Å². The van der Waals surface area contributed by atoms with Crippen molar-refractivity contribution in [3.63, 3.8) is 0 Å². The Hall–Kier alpha value is -3.21. The lowest BCUT2D eigenvalue weighted by Gasteiger charge is -2.38. The topological polar surface area (TPSA) is 125 Å². The Kier molecular flexibility index (Phi) is 8.03. The van der Waals surface area contributed by atoms with Gasteiger partial charge in [-0.05, 0) is 44.0 Å². The summed E-state index contributed by atoms with van der Waals surface area (Å²) in [5, 5.41) is 13.5. The van der Waals surface area contributed by atoms with Gasteiger partial charge in [0.1, 0.15) is 23.7 Å². The van der Waals surface area contributed by atoms with E-state index >= 15 is 0 Å². The lowest BCUT2D eigenvalue weighted by Crippen LogP contribution is -2.58. The molecular weight excluding hydrogens is 538 g/mol. The van der Waals surface area contributed by atoms with Crippen LogP contribution in [0.25, 0.3) is 0 Å². The second-order valence-electron chi connectivity index (χ2n) is 10.7. The number of carbonyl (C=O) groups is 4. The van der Waals surface area contributed by atoms with Crippen molar-refractivity contribution < 1.29 is 33.8 Å². The molecule has 5 bridgehead atoms. The van der Waals surface area contributed by atoms with Crippen LogP contribution in [0.4, 0.5) is 5.69 Å². The summed E-state index contributed by atoms with van der Waals surface area (Å²) in [6.45, 7) is 3.44. The van der Waals surface area contributed by atoms with Crippen LogP contribution in [0.3, 0.4) is 0 Å². The maximum atomic E-state index is 14.6. The Morgan fingerprint density at radius 3 is 2.60 bits per heavy atom. The molecule has 2 fully saturated rings. The Bertz CT molecular complexity index is 1230. The van der Waals surface area contributed by atoms with Crippen molar-refractivity contribution in [3.05, 3.63) is 53.6 Å². The van der Waals surface area contributed by atoms with E-state index in [0.717, 1.165) is 0 Å². The maximum absolute atomic E-state index is 14.6. The van der Waals surface area contributed by atoms with Gasteiger partial charge in [0.25, 0.3) is 5.91 Å². The van der Waals surface area contributed by atoms with Gasteiger partial charge in [0.15, 0.2) is 0 Å². The van der Waals surface area contributed by atoms with Crippen LogP contribution < -0.4 is 10.2 Å². The summed E-state index contributed by atoms with van der Waals surface area (Å²) in [5.74, 6) is -3.61. The number of halogens is 1. The number of amides is 3. The van der Waals surface area contributed by atoms with Gasteiger partial charge in [-0.3, -0.25) is 19.2 Å². The SMILES string of the molecule is CC[C@@H](CO)N1C(=O)[C@H]2[C@@H]3C(=O)O[C@H](C)CNC(=O)CC/C=C\CN(c4ccc(Cl)cc4)C(=O)[C@H]1[C@@]21C=C[C@@H]3O1. The highest BCUT2D eigenvalue weighted by Gasteiger charge is 2.74. The molecule has 11 heteroatoms. The molecule has 0 saturated carbocycles. The molecule has 4 heterocycles. The molecule has 1 aromatic carbocycles. The fraction of sp³-hybridized carbons (Fsp3) is 0.517. The molecule has 1 spiro atoms. The number of nitrogens with one attached hydrogen (secondary N) is 1. The molecule has 2 N–H and O–H groups in total. The summed E-state index contributed by atoms with van der Waals surface area (Å²) in [7, 11) is 0. The zero-order valence-corrected chi connectivity index (χ0v) is 23.3. The van der Waals surface area contributed by atoms with E-state index in [1.165, 1.54) is 9.80 Å². The van der Waals surface area contributed by atoms with Gasteiger partial charge in [0.05, 0.1) is 31.2 Å². The molecule has 10 nitrogen and oxygen atoms in total. The minimum atomic E-state index is -1.40. The zero-order valence-electron chi connectivity index (χ0n) is 22.5. The van der Waals surface area contributed by atoms with Crippen LogP contribution in [0.5, 0.6) is 0 Å². The molecule has 0 aliphatic carbocycles. The van der Waals surface area contributed by atoms with Crippen LogP contribution in [0.1, 0.15) is 33.1 Å². The normalized spacial score (nSPS) is 34.0. The Balaban J connectivity index is 1.62. The number of allylic oxidation sites excluding steroid dienone is 1. The van der Waals surface area contributed by atoms with Gasteiger partial charge in [0, 0.05) is 23.7 Å². The number of aliphatic hydroxyl groups is 1. The summed E-state index contributed by atoms with van der Waals surface area (Å²) in [6, 6.07) is 5.00. The summed E-state index contributed by atoms with van der Waals surface area (Å²) in [4.78, 5) is 57.4. The molecule has 7 atom stereocenters. The number of hydrogen-bond donors (Lipinski definition) is 2. The van der Waals surface area contributed by atoms with Crippen molar-refractivity contribution in [2.24, 2.45) is 11.8 Å². The maximum Gasteiger partial charge on any atom is 0.313 e. The van der Waals surface area contributed by atoms with Crippen LogP contribution in [-0.2, 0) is 28.7 Å². The minimum absolute atomic E-state index is 0.131.